The fourth-order valence-electron chi connectivity index (χ4n) is 5.16. The van der Waals surface area contributed by atoms with E-state index >= 15 is 0 Å². The van der Waals surface area contributed by atoms with Gasteiger partial charge >= 0.3 is 0 Å². The predicted molar refractivity (Wildman–Crippen MR) is 146 cm³/mol. The molecule has 0 unspecified atom stereocenters. The number of halogens is 1. The number of hydrogen-bond donors (Lipinski definition) is 4. The molecule has 0 radical (unpaired) electrons. The third-order valence-corrected chi connectivity index (χ3v) is 8.00. The molecule has 0 bridgehead atoms. The first kappa shape index (κ1) is 24.5. The Labute approximate surface area is 215 Å². The molecule has 36 heavy (non-hydrogen) atoms. The third-order valence-electron chi connectivity index (χ3n) is 7.09. The van der Waals surface area contributed by atoms with Gasteiger partial charge in [-0.25, -0.2) is 9.37 Å². The van der Waals surface area contributed by atoms with Crippen molar-refractivity contribution in [1.82, 2.24) is 15.3 Å². The van der Waals surface area contributed by atoms with Gasteiger partial charge in [0.15, 0.2) is 0 Å². The molecule has 2 aliphatic carbocycles. The number of hydrogen-bond acceptors (Lipinski definition) is 7. The van der Waals surface area contributed by atoms with Gasteiger partial charge < -0.3 is 21.3 Å². The lowest BCUT2D eigenvalue weighted by atomic mass is 9.91. The van der Waals surface area contributed by atoms with Gasteiger partial charge in [-0.3, -0.25) is 4.79 Å². The molecular formula is C27H33FN6OS. The molecule has 4 N–H and O–H groups in total. The Kier molecular flexibility index (Phi) is 7.65. The standard InChI is InChI=1S/C27H33FN6OS/c1-2-24(35)30-18-8-10-19(11-9-18)31-26-25-23(14-15-36-25)33-27(34-26)32-20-12-13-22(21(28)16-20)29-17-6-4-3-5-7-17/h2,12-19,29H,1,3-11H2,(H,30,35)(H2,31,32,33,34). The normalized spacial score (nSPS) is 20.6. The van der Waals surface area contributed by atoms with Gasteiger partial charge in [-0.15, -0.1) is 11.3 Å². The molecule has 2 aromatic heterocycles. The van der Waals surface area contributed by atoms with E-state index in [9.17, 15) is 9.18 Å². The van der Waals surface area contributed by atoms with Crippen LogP contribution in [0.5, 0.6) is 0 Å². The monoisotopic (exact) mass is 508 g/mol. The second kappa shape index (κ2) is 11.2. The van der Waals surface area contributed by atoms with Crippen LogP contribution in [0.4, 0.5) is 27.5 Å². The number of thiophene rings is 1. The Morgan fingerprint density at radius 1 is 0.972 bits per heavy atom. The highest BCUT2D eigenvalue weighted by Crippen LogP contribution is 2.32. The molecule has 3 aromatic rings. The number of nitrogens with zero attached hydrogens (tertiary/aromatic N) is 2. The maximum Gasteiger partial charge on any atom is 0.243 e. The zero-order chi connectivity index (χ0) is 24.9. The zero-order valence-corrected chi connectivity index (χ0v) is 21.2. The summed E-state index contributed by atoms with van der Waals surface area (Å²) >= 11 is 1.60. The molecule has 0 aliphatic heterocycles. The first-order valence-electron chi connectivity index (χ1n) is 12.8. The molecule has 190 valence electrons. The van der Waals surface area contributed by atoms with Crippen LogP contribution < -0.4 is 21.3 Å². The zero-order valence-electron chi connectivity index (χ0n) is 20.4. The lowest BCUT2D eigenvalue weighted by Crippen LogP contribution is -2.39. The molecule has 1 amide bonds. The Morgan fingerprint density at radius 2 is 1.72 bits per heavy atom. The van der Waals surface area contributed by atoms with Crippen molar-refractivity contribution in [2.24, 2.45) is 0 Å². The number of aromatic nitrogens is 2. The summed E-state index contributed by atoms with van der Waals surface area (Å²) in [4.78, 5) is 21.0. The largest absolute Gasteiger partial charge is 0.380 e. The van der Waals surface area contributed by atoms with Gasteiger partial charge in [0, 0.05) is 23.8 Å². The van der Waals surface area contributed by atoms with Crippen molar-refractivity contribution in [2.75, 3.05) is 16.0 Å². The molecule has 0 spiro atoms. The lowest BCUT2D eigenvalue weighted by molar-refractivity contribution is -0.117. The molecule has 1 aromatic carbocycles. The molecule has 2 fully saturated rings. The molecule has 5 rings (SSSR count). The fraction of sp³-hybridized carbons (Fsp3) is 0.444. The van der Waals surface area contributed by atoms with Gasteiger partial charge in [0.1, 0.15) is 11.6 Å². The van der Waals surface area contributed by atoms with Gasteiger partial charge in [-0.2, -0.15) is 4.98 Å². The van der Waals surface area contributed by atoms with Gasteiger partial charge in [0.2, 0.25) is 11.9 Å². The van der Waals surface area contributed by atoms with Gasteiger partial charge in [0.25, 0.3) is 0 Å². The Morgan fingerprint density at radius 3 is 2.47 bits per heavy atom. The SMILES string of the molecule is C=CC(=O)NC1CCC(Nc2nc(Nc3ccc(NC4CCCCC4)c(F)c3)nc3ccsc23)CC1. The van der Waals surface area contributed by atoms with Crippen molar-refractivity contribution < 1.29 is 9.18 Å². The van der Waals surface area contributed by atoms with Gasteiger partial charge in [0.05, 0.1) is 15.9 Å². The summed E-state index contributed by atoms with van der Waals surface area (Å²) in [6, 6.07) is 7.91. The number of carbonyl (C=O) groups is 1. The van der Waals surface area contributed by atoms with E-state index in [0.717, 1.165) is 54.6 Å². The average Bonchev–Trinajstić information content (AvgIpc) is 3.36. The second-order valence-corrected chi connectivity index (χ2v) is 10.7. The van der Waals surface area contributed by atoms with E-state index in [0.29, 0.717) is 23.4 Å². The Bertz CT molecular complexity index is 1220. The number of carbonyl (C=O) groups excluding carboxylic acids is 1. The Balaban J connectivity index is 1.26. The quantitative estimate of drug-likeness (QED) is 0.265. The number of benzene rings is 1. The molecule has 9 heteroatoms. The highest BCUT2D eigenvalue weighted by molar-refractivity contribution is 7.17. The minimum Gasteiger partial charge on any atom is -0.380 e. The highest BCUT2D eigenvalue weighted by Gasteiger charge is 2.23. The van der Waals surface area contributed by atoms with Crippen molar-refractivity contribution in [3.63, 3.8) is 0 Å². The van der Waals surface area contributed by atoms with Crippen LogP contribution in [-0.2, 0) is 4.79 Å². The molecule has 2 aliphatic rings. The molecule has 0 saturated heterocycles. The van der Waals surface area contributed by atoms with Crippen molar-refractivity contribution in [3.8, 4) is 0 Å². The number of rotatable bonds is 8. The van der Waals surface area contributed by atoms with Crippen molar-refractivity contribution >= 4 is 50.6 Å². The van der Waals surface area contributed by atoms with E-state index in [1.54, 1.807) is 17.4 Å². The highest BCUT2D eigenvalue weighted by atomic mass is 32.1. The molecule has 2 heterocycles. The van der Waals surface area contributed by atoms with Crippen LogP contribution in [-0.4, -0.2) is 34.0 Å². The Hall–Kier alpha value is -3.20. The summed E-state index contributed by atoms with van der Waals surface area (Å²) in [6.07, 6.45) is 10.8. The average molecular weight is 509 g/mol. The molecule has 2 saturated carbocycles. The summed E-state index contributed by atoms with van der Waals surface area (Å²) in [6.45, 7) is 3.52. The maximum atomic E-state index is 14.8. The number of fused-ring (bicyclic) bond motifs is 1. The topological polar surface area (TPSA) is 91.0 Å². The van der Waals surface area contributed by atoms with Crippen molar-refractivity contribution in [1.29, 1.82) is 0 Å². The summed E-state index contributed by atoms with van der Waals surface area (Å²) < 4.78 is 15.8. The van der Waals surface area contributed by atoms with E-state index in [1.165, 1.54) is 31.4 Å². The van der Waals surface area contributed by atoms with Gasteiger partial charge in [-0.05, 0) is 74.2 Å². The van der Waals surface area contributed by atoms with Crippen LogP contribution in [0.25, 0.3) is 10.2 Å². The van der Waals surface area contributed by atoms with E-state index in [2.05, 4.69) is 32.8 Å². The van der Waals surface area contributed by atoms with Crippen molar-refractivity contribution in [2.45, 2.75) is 75.9 Å². The van der Waals surface area contributed by atoms with E-state index in [-0.39, 0.29) is 23.8 Å². The van der Waals surface area contributed by atoms with Crippen LogP contribution in [0.15, 0.2) is 42.3 Å². The third kappa shape index (κ3) is 5.95. The molecular weight excluding hydrogens is 475 g/mol. The van der Waals surface area contributed by atoms with E-state index < -0.39 is 0 Å². The van der Waals surface area contributed by atoms with E-state index in [4.69, 9.17) is 4.98 Å². The molecule has 7 nitrogen and oxygen atoms in total. The van der Waals surface area contributed by atoms with Crippen LogP contribution >= 0.6 is 11.3 Å². The maximum absolute atomic E-state index is 14.8. The number of nitrogens with one attached hydrogen (secondary N) is 4. The van der Waals surface area contributed by atoms with Crippen LogP contribution in [0.2, 0.25) is 0 Å². The minimum absolute atomic E-state index is 0.118. The first-order chi connectivity index (χ1) is 17.6. The lowest BCUT2D eigenvalue weighted by Gasteiger charge is -2.29. The van der Waals surface area contributed by atoms with Crippen molar-refractivity contribution in [3.05, 3.63) is 48.1 Å². The smallest absolute Gasteiger partial charge is 0.243 e. The summed E-state index contributed by atoms with van der Waals surface area (Å²) in [5, 5.41) is 15.1. The predicted octanol–water partition coefficient (Wildman–Crippen LogP) is 6.34. The van der Waals surface area contributed by atoms with E-state index in [1.807, 2.05) is 17.5 Å². The van der Waals surface area contributed by atoms with Crippen LogP contribution in [0.3, 0.4) is 0 Å². The minimum atomic E-state index is -0.277. The summed E-state index contributed by atoms with van der Waals surface area (Å²) in [5.41, 5.74) is 2.01. The summed E-state index contributed by atoms with van der Waals surface area (Å²) in [7, 11) is 0. The van der Waals surface area contributed by atoms with Gasteiger partial charge in [-0.1, -0.05) is 25.8 Å². The fourth-order valence-corrected chi connectivity index (χ4v) is 5.94. The summed E-state index contributed by atoms with van der Waals surface area (Å²) in [5.74, 6) is 0.822. The number of anilines is 4. The molecule has 0 atom stereocenters. The second-order valence-electron chi connectivity index (χ2n) is 9.74. The number of amides is 1. The van der Waals surface area contributed by atoms with Crippen LogP contribution in [0, 0.1) is 5.82 Å². The van der Waals surface area contributed by atoms with Crippen LogP contribution in [0.1, 0.15) is 57.8 Å². The first-order valence-corrected chi connectivity index (χ1v) is 13.7.